The van der Waals surface area contributed by atoms with Crippen LogP contribution in [0.1, 0.15) is 4.88 Å². The fourth-order valence-corrected chi connectivity index (χ4v) is 4.04. The van der Waals surface area contributed by atoms with Gasteiger partial charge in [-0.1, -0.05) is 0 Å². The highest BCUT2D eigenvalue weighted by atomic mass is 79.9. The Hall–Kier alpha value is -0.960. The lowest BCUT2D eigenvalue weighted by molar-refractivity contribution is 0.602. The molecule has 3 N–H and O–H groups in total. The Bertz CT molecular complexity index is 700. The zero-order valence-corrected chi connectivity index (χ0v) is 12.8. The largest absolute Gasteiger partial charge is 0.326 e. The van der Waals surface area contributed by atoms with Gasteiger partial charge in [0, 0.05) is 11.4 Å². The van der Waals surface area contributed by atoms with Gasteiger partial charge < -0.3 is 5.73 Å². The molecule has 0 fully saturated rings. The van der Waals surface area contributed by atoms with Gasteiger partial charge in [0.2, 0.25) is 0 Å². The van der Waals surface area contributed by atoms with Crippen molar-refractivity contribution in [3.8, 4) is 0 Å². The van der Waals surface area contributed by atoms with Gasteiger partial charge in [-0.2, -0.15) is 0 Å². The third kappa shape index (κ3) is 3.33. The summed E-state index contributed by atoms with van der Waals surface area (Å²) in [7, 11) is -3.66. The number of hydrogen-bond acceptors (Lipinski definition) is 4. The molecule has 0 amide bonds. The highest BCUT2D eigenvalue weighted by Crippen LogP contribution is 2.26. The maximum atomic E-state index is 13.1. The van der Waals surface area contributed by atoms with Gasteiger partial charge in [-0.3, -0.25) is 4.72 Å². The normalized spacial score (nSPS) is 11.5. The lowest BCUT2D eigenvalue weighted by Crippen LogP contribution is -2.11. The summed E-state index contributed by atoms with van der Waals surface area (Å²) in [4.78, 5) is 0.778. The van der Waals surface area contributed by atoms with Crippen LogP contribution in [-0.2, 0) is 16.6 Å². The molecule has 0 unspecified atom stereocenters. The molecule has 1 aromatic heterocycles. The first-order valence-electron chi connectivity index (χ1n) is 5.19. The second kappa shape index (κ2) is 5.58. The highest BCUT2D eigenvalue weighted by Gasteiger charge is 2.17. The fourth-order valence-electron chi connectivity index (χ4n) is 1.38. The number of nitrogens with two attached hydrogens (primary N) is 1. The van der Waals surface area contributed by atoms with Crippen LogP contribution in [0.4, 0.5) is 10.1 Å². The van der Waals surface area contributed by atoms with E-state index < -0.39 is 15.8 Å². The maximum Gasteiger partial charge on any atom is 0.271 e. The van der Waals surface area contributed by atoms with Crippen molar-refractivity contribution in [2.24, 2.45) is 5.73 Å². The average molecular weight is 365 g/mol. The smallest absolute Gasteiger partial charge is 0.271 e. The number of rotatable bonds is 4. The van der Waals surface area contributed by atoms with E-state index in [-0.39, 0.29) is 14.4 Å². The third-order valence-electron chi connectivity index (χ3n) is 2.27. The van der Waals surface area contributed by atoms with Crippen molar-refractivity contribution in [1.29, 1.82) is 0 Å². The van der Waals surface area contributed by atoms with Crippen LogP contribution >= 0.6 is 27.3 Å². The van der Waals surface area contributed by atoms with Crippen molar-refractivity contribution in [1.82, 2.24) is 0 Å². The Morgan fingerprint density at radius 1 is 1.32 bits per heavy atom. The van der Waals surface area contributed by atoms with Gasteiger partial charge in [0.15, 0.2) is 0 Å². The molecule has 8 heteroatoms. The van der Waals surface area contributed by atoms with Crippen molar-refractivity contribution in [2.45, 2.75) is 10.8 Å². The van der Waals surface area contributed by atoms with Gasteiger partial charge in [-0.05, 0) is 46.3 Å². The molecular formula is C11H10BrFN2O2S2. The van der Waals surface area contributed by atoms with Crippen molar-refractivity contribution in [2.75, 3.05) is 4.72 Å². The van der Waals surface area contributed by atoms with E-state index in [2.05, 4.69) is 20.7 Å². The van der Waals surface area contributed by atoms with E-state index in [1.807, 2.05) is 0 Å². The molecule has 1 aromatic carbocycles. The molecule has 102 valence electrons. The number of anilines is 1. The molecule has 0 atom stereocenters. The zero-order valence-electron chi connectivity index (χ0n) is 9.56. The zero-order chi connectivity index (χ0) is 14.0. The number of sulfonamides is 1. The van der Waals surface area contributed by atoms with Gasteiger partial charge >= 0.3 is 0 Å². The molecule has 0 aliphatic rings. The van der Waals surface area contributed by atoms with Crippen molar-refractivity contribution in [3.63, 3.8) is 0 Å². The molecule has 2 aromatic rings. The van der Waals surface area contributed by atoms with E-state index in [4.69, 9.17) is 5.73 Å². The van der Waals surface area contributed by atoms with Crippen molar-refractivity contribution >= 4 is 43.0 Å². The summed E-state index contributed by atoms with van der Waals surface area (Å²) in [6.45, 7) is 0.294. The number of halogens is 2. The van der Waals surface area contributed by atoms with Crippen LogP contribution in [0.15, 0.2) is 39.0 Å². The average Bonchev–Trinajstić information content (AvgIpc) is 2.83. The van der Waals surface area contributed by atoms with E-state index in [9.17, 15) is 12.8 Å². The Labute approximate surface area is 122 Å². The van der Waals surface area contributed by atoms with E-state index in [1.165, 1.54) is 24.3 Å². The first kappa shape index (κ1) is 14.4. The Morgan fingerprint density at radius 3 is 2.63 bits per heavy atom. The Morgan fingerprint density at radius 2 is 2.05 bits per heavy atom. The number of thiophene rings is 1. The number of hydrogen-bond donors (Lipinski definition) is 2. The summed E-state index contributed by atoms with van der Waals surface area (Å²) in [5, 5.41) is 0. The monoisotopic (exact) mass is 364 g/mol. The van der Waals surface area contributed by atoms with Crippen LogP contribution in [-0.4, -0.2) is 8.42 Å². The van der Waals surface area contributed by atoms with E-state index in [0.29, 0.717) is 6.54 Å². The summed E-state index contributed by atoms with van der Waals surface area (Å²) in [5.74, 6) is -0.454. The minimum atomic E-state index is -3.66. The van der Waals surface area contributed by atoms with Gasteiger partial charge in [-0.25, -0.2) is 12.8 Å². The molecular weight excluding hydrogens is 355 g/mol. The Balaban J connectivity index is 2.28. The lowest BCUT2D eigenvalue weighted by atomic mass is 10.3. The Kier molecular flexibility index (Phi) is 4.24. The lowest BCUT2D eigenvalue weighted by Gasteiger charge is -2.06. The van der Waals surface area contributed by atoms with Crippen LogP contribution in [0.2, 0.25) is 0 Å². The summed E-state index contributed by atoms with van der Waals surface area (Å²) in [5.41, 5.74) is 5.73. The summed E-state index contributed by atoms with van der Waals surface area (Å²) in [6, 6.07) is 7.06. The fraction of sp³-hybridized carbons (Fsp3) is 0.0909. The van der Waals surface area contributed by atoms with Gasteiger partial charge in [-0.15, -0.1) is 11.3 Å². The predicted molar refractivity (Wildman–Crippen MR) is 77.1 cm³/mol. The SMILES string of the molecule is NCc1ccc(S(=O)(=O)Nc2ccc(F)c(Br)c2)s1. The van der Waals surface area contributed by atoms with Crippen molar-refractivity contribution in [3.05, 3.63) is 45.5 Å². The number of benzene rings is 1. The van der Waals surface area contributed by atoms with Gasteiger partial charge in [0.05, 0.1) is 10.2 Å². The summed E-state index contributed by atoms with van der Waals surface area (Å²) in [6.07, 6.45) is 0. The predicted octanol–water partition coefficient (Wildman–Crippen LogP) is 2.91. The highest BCUT2D eigenvalue weighted by molar-refractivity contribution is 9.10. The van der Waals surface area contributed by atoms with Crippen molar-refractivity contribution < 1.29 is 12.8 Å². The molecule has 2 rings (SSSR count). The minimum Gasteiger partial charge on any atom is -0.326 e. The first-order chi connectivity index (χ1) is 8.92. The minimum absolute atomic E-state index is 0.174. The molecule has 19 heavy (non-hydrogen) atoms. The standard InChI is InChI=1S/C11H10BrFN2O2S2/c12-9-5-7(1-3-10(9)13)15-19(16,17)11-4-2-8(6-14)18-11/h1-5,15H,6,14H2. The second-order valence-corrected chi connectivity index (χ2v) is 7.59. The second-order valence-electron chi connectivity index (χ2n) is 3.66. The van der Waals surface area contributed by atoms with Crippen LogP contribution < -0.4 is 10.5 Å². The van der Waals surface area contributed by atoms with E-state index in [1.54, 1.807) is 6.07 Å². The van der Waals surface area contributed by atoms with Gasteiger partial charge in [0.25, 0.3) is 10.0 Å². The van der Waals surface area contributed by atoms with Crippen LogP contribution in [0, 0.1) is 5.82 Å². The van der Waals surface area contributed by atoms with Crippen LogP contribution in [0.25, 0.3) is 0 Å². The van der Waals surface area contributed by atoms with Crippen LogP contribution in [0.3, 0.4) is 0 Å². The molecule has 0 bridgehead atoms. The first-order valence-corrected chi connectivity index (χ1v) is 8.28. The molecule has 4 nitrogen and oxygen atoms in total. The molecule has 0 spiro atoms. The van der Waals surface area contributed by atoms with E-state index in [0.717, 1.165) is 16.2 Å². The molecule has 0 saturated heterocycles. The molecule has 0 aliphatic carbocycles. The summed E-state index contributed by atoms with van der Waals surface area (Å²) < 4.78 is 40.0. The van der Waals surface area contributed by atoms with Crippen LogP contribution in [0.5, 0.6) is 0 Å². The molecule has 0 radical (unpaired) electrons. The topological polar surface area (TPSA) is 72.2 Å². The number of nitrogens with one attached hydrogen (secondary N) is 1. The maximum absolute atomic E-state index is 13.1. The quantitative estimate of drug-likeness (QED) is 0.875. The third-order valence-corrected chi connectivity index (χ3v) is 5.86. The van der Waals surface area contributed by atoms with E-state index >= 15 is 0 Å². The molecule has 0 saturated carbocycles. The molecule has 0 aliphatic heterocycles. The summed E-state index contributed by atoms with van der Waals surface area (Å²) >= 11 is 4.11. The van der Waals surface area contributed by atoms with Gasteiger partial charge in [0.1, 0.15) is 10.0 Å². The molecule has 1 heterocycles.